The molecule has 25 heavy (non-hydrogen) atoms. The molecular formula is C18H21ClN4O2. The van der Waals surface area contributed by atoms with Gasteiger partial charge in [0.1, 0.15) is 11.3 Å². The molecule has 0 saturated carbocycles. The Morgan fingerprint density at radius 1 is 1.36 bits per heavy atom. The van der Waals surface area contributed by atoms with E-state index in [2.05, 4.69) is 15.7 Å². The number of carbonyl (C=O) groups excluding carboxylic acids is 1. The number of hydrogen-bond acceptors (Lipinski definition) is 4. The summed E-state index contributed by atoms with van der Waals surface area (Å²) >= 11 is 6.24. The third kappa shape index (κ3) is 2.89. The molecule has 0 spiro atoms. The number of halogens is 1. The predicted molar refractivity (Wildman–Crippen MR) is 94.8 cm³/mol. The zero-order valence-electron chi connectivity index (χ0n) is 13.9. The second kappa shape index (κ2) is 6.69. The highest BCUT2D eigenvalue weighted by Gasteiger charge is 2.43. The van der Waals surface area contributed by atoms with Crippen LogP contribution in [0.25, 0.3) is 0 Å². The van der Waals surface area contributed by atoms with Crippen molar-refractivity contribution >= 4 is 17.5 Å². The van der Waals surface area contributed by atoms with Crippen molar-refractivity contribution in [1.29, 1.82) is 0 Å². The molecule has 7 heteroatoms. The first-order valence-corrected chi connectivity index (χ1v) is 9.01. The van der Waals surface area contributed by atoms with Crippen molar-refractivity contribution in [2.24, 2.45) is 0 Å². The van der Waals surface area contributed by atoms with Crippen LogP contribution in [-0.2, 0) is 10.3 Å². The molecule has 1 atom stereocenters. The summed E-state index contributed by atoms with van der Waals surface area (Å²) in [6.45, 7) is 2.13. The monoisotopic (exact) mass is 360 g/mol. The van der Waals surface area contributed by atoms with Gasteiger partial charge in [0.15, 0.2) is 0 Å². The SMILES string of the molecule is O=C(NC1CCOc2c(Cl)cccc21)C1(n2cccn2)CCNCC1. The minimum Gasteiger partial charge on any atom is -0.492 e. The number of aromatic nitrogens is 2. The van der Waals surface area contributed by atoms with Gasteiger partial charge in [-0.25, -0.2) is 0 Å². The third-order valence-electron chi connectivity index (χ3n) is 5.13. The van der Waals surface area contributed by atoms with Crippen LogP contribution in [0.15, 0.2) is 36.7 Å². The Hall–Kier alpha value is -2.05. The first-order valence-electron chi connectivity index (χ1n) is 8.64. The quantitative estimate of drug-likeness (QED) is 0.881. The fourth-order valence-electron chi connectivity index (χ4n) is 3.75. The lowest BCUT2D eigenvalue weighted by atomic mass is 9.86. The highest BCUT2D eigenvalue weighted by atomic mass is 35.5. The second-order valence-corrected chi connectivity index (χ2v) is 6.96. The zero-order valence-corrected chi connectivity index (χ0v) is 14.6. The molecule has 1 saturated heterocycles. The molecule has 1 amide bonds. The van der Waals surface area contributed by atoms with Crippen molar-refractivity contribution < 1.29 is 9.53 Å². The lowest BCUT2D eigenvalue weighted by molar-refractivity contribution is -0.133. The van der Waals surface area contributed by atoms with Gasteiger partial charge in [-0.15, -0.1) is 0 Å². The van der Waals surface area contributed by atoms with Crippen molar-refractivity contribution in [3.63, 3.8) is 0 Å². The molecule has 3 heterocycles. The lowest BCUT2D eigenvalue weighted by Crippen LogP contribution is -2.55. The molecule has 1 aromatic heterocycles. The summed E-state index contributed by atoms with van der Waals surface area (Å²) in [5, 5.41) is 11.5. The Kier molecular flexibility index (Phi) is 4.39. The highest BCUT2D eigenvalue weighted by molar-refractivity contribution is 6.32. The molecule has 2 aromatic rings. The van der Waals surface area contributed by atoms with Crippen molar-refractivity contribution in [3.8, 4) is 5.75 Å². The van der Waals surface area contributed by atoms with E-state index in [9.17, 15) is 4.79 Å². The maximum Gasteiger partial charge on any atom is 0.248 e. The Morgan fingerprint density at radius 2 is 2.20 bits per heavy atom. The van der Waals surface area contributed by atoms with Crippen LogP contribution in [0.2, 0.25) is 5.02 Å². The Balaban J connectivity index is 1.62. The van der Waals surface area contributed by atoms with E-state index in [1.54, 1.807) is 10.9 Å². The van der Waals surface area contributed by atoms with Crippen LogP contribution in [0.3, 0.4) is 0 Å². The van der Waals surface area contributed by atoms with E-state index in [1.807, 2.05) is 30.5 Å². The summed E-state index contributed by atoms with van der Waals surface area (Å²) in [6.07, 6.45) is 5.76. The third-order valence-corrected chi connectivity index (χ3v) is 5.43. The maximum atomic E-state index is 13.3. The van der Waals surface area contributed by atoms with Crippen LogP contribution in [0.5, 0.6) is 5.75 Å². The van der Waals surface area contributed by atoms with E-state index < -0.39 is 5.54 Å². The number of hydrogen-bond donors (Lipinski definition) is 2. The van der Waals surface area contributed by atoms with Crippen LogP contribution in [0.4, 0.5) is 0 Å². The molecule has 4 rings (SSSR count). The molecule has 2 aliphatic heterocycles. The average Bonchev–Trinajstić information content (AvgIpc) is 3.18. The minimum atomic E-state index is -0.647. The first kappa shape index (κ1) is 16.4. The number of benzene rings is 1. The zero-order chi connectivity index (χ0) is 17.3. The molecule has 2 aliphatic rings. The molecule has 132 valence electrons. The van der Waals surface area contributed by atoms with E-state index in [-0.39, 0.29) is 11.9 Å². The molecular weight excluding hydrogens is 340 g/mol. The van der Waals surface area contributed by atoms with E-state index in [4.69, 9.17) is 16.3 Å². The number of amides is 1. The Labute approximate surface area is 151 Å². The van der Waals surface area contributed by atoms with Crippen molar-refractivity contribution in [1.82, 2.24) is 20.4 Å². The summed E-state index contributed by atoms with van der Waals surface area (Å²) in [7, 11) is 0. The van der Waals surface area contributed by atoms with Crippen LogP contribution in [-0.4, -0.2) is 35.4 Å². The summed E-state index contributed by atoms with van der Waals surface area (Å²) in [4.78, 5) is 13.3. The van der Waals surface area contributed by atoms with E-state index in [0.717, 1.165) is 25.1 Å². The number of rotatable bonds is 3. The molecule has 1 unspecified atom stereocenters. The summed E-state index contributed by atoms with van der Waals surface area (Å²) in [5.41, 5.74) is 0.294. The summed E-state index contributed by atoms with van der Waals surface area (Å²) in [5.74, 6) is 0.690. The van der Waals surface area contributed by atoms with Gasteiger partial charge in [-0.2, -0.15) is 5.10 Å². The molecule has 0 radical (unpaired) electrons. The van der Waals surface area contributed by atoms with Crippen molar-refractivity contribution in [3.05, 3.63) is 47.2 Å². The number of piperidine rings is 1. The van der Waals surface area contributed by atoms with Gasteiger partial charge in [0.05, 0.1) is 17.7 Å². The van der Waals surface area contributed by atoms with Gasteiger partial charge < -0.3 is 15.4 Å². The second-order valence-electron chi connectivity index (χ2n) is 6.55. The fraction of sp³-hybridized carbons (Fsp3) is 0.444. The molecule has 0 bridgehead atoms. The van der Waals surface area contributed by atoms with Gasteiger partial charge in [-0.3, -0.25) is 9.48 Å². The molecule has 6 nitrogen and oxygen atoms in total. The van der Waals surface area contributed by atoms with Crippen LogP contribution in [0, 0.1) is 0 Å². The largest absolute Gasteiger partial charge is 0.492 e. The number of fused-ring (bicyclic) bond motifs is 1. The van der Waals surface area contributed by atoms with Gasteiger partial charge >= 0.3 is 0 Å². The van der Waals surface area contributed by atoms with Gasteiger partial charge in [0.2, 0.25) is 5.91 Å². The fourth-order valence-corrected chi connectivity index (χ4v) is 3.99. The Bertz CT molecular complexity index is 756. The predicted octanol–water partition coefficient (Wildman–Crippen LogP) is 2.26. The van der Waals surface area contributed by atoms with Gasteiger partial charge in [0, 0.05) is 24.4 Å². The van der Waals surface area contributed by atoms with Crippen molar-refractivity contribution in [2.75, 3.05) is 19.7 Å². The molecule has 2 N–H and O–H groups in total. The number of nitrogens with one attached hydrogen (secondary N) is 2. The van der Waals surface area contributed by atoms with Gasteiger partial charge in [0.25, 0.3) is 0 Å². The lowest BCUT2D eigenvalue weighted by Gasteiger charge is -2.38. The number of carbonyl (C=O) groups is 1. The molecule has 1 fully saturated rings. The smallest absolute Gasteiger partial charge is 0.248 e. The van der Waals surface area contributed by atoms with Crippen LogP contribution in [0.1, 0.15) is 30.9 Å². The van der Waals surface area contributed by atoms with Crippen LogP contribution >= 0.6 is 11.6 Å². The molecule has 1 aromatic carbocycles. The van der Waals surface area contributed by atoms with Crippen molar-refractivity contribution in [2.45, 2.75) is 30.8 Å². The molecule has 0 aliphatic carbocycles. The average molecular weight is 361 g/mol. The number of nitrogens with zero attached hydrogens (tertiary/aromatic N) is 2. The van der Waals surface area contributed by atoms with Gasteiger partial charge in [-0.05, 0) is 38.1 Å². The normalized spacial score (nSPS) is 21.9. The van der Waals surface area contributed by atoms with Gasteiger partial charge in [-0.1, -0.05) is 23.7 Å². The maximum absolute atomic E-state index is 13.3. The topological polar surface area (TPSA) is 68.2 Å². The first-order chi connectivity index (χ1) is 12.2. The Morgan fingerprint density at radius 3 is 2.96 bits per heavy atom. The number of ether oxygens (including phenoxy) is 1. The van der Waals surface area contributed by atoms with E-state index in [0.29, 0.717) is 30.2 Å². The van der Waals surface area contributed by atoms with E-state index >= 15 is 0 Å². The van der Waals surface area contributed by atoms with Crippen LogP contribution < -0.4 is 15.4 Å². The highest BCUT2D eigenvalue weighted by Crippen LogP contribution is 2.38. The summed E-state index contributed by atoms with van der Waals surface area (Å²) < 4.78 is 7.51. The number of para-hydroxylation sites is 1. The van der Waals surface area contributed by atoms with E-state index in [1.165, 1.54) is 0 Å². The minimum absolute atomic E-state index is 0.00975. The standard InChI is InChI=1S/C18H21ClN4O2/c19-14-4-1-3-13-15(5-12-25-16(13)14)22-17(24)18(6-9-20-10-7-18)23-11-2-8-21-23/h1-4,8,11,15,20H,5-7,9-10,12H2,(H,22,24). The summed E-state index contributed by atoms with van der Waals surface area (Å²) in [6, 6.07) is 7.43.